The molecule has 0 unspecified atom stereocenters. The highest BCUT2D eigenvalue weighted by Crippen LogP contribution is 2.23. The molecule has 0 spiro atoms. The van der Waals surface area contributed by atoms with Crippen molar-refractivity contribution in [1.29, 1.82) is 0 Å². The van der Waals surface area contributed by atoms with Gasteiger partial charge in [-0.3, -0.25) is 0 Å². The summed E-state index contributed by atoms with van der Waals surface area (Å²) in [4.78, 5) is 22.3. The lowest BCUT2D eigenvalue weighted by Crippen LogP contribution is -2.50. The minimum atomic E-state index is -0.494. The third-order valence-corrected chi connectivity index (χ3v) is 2.29. The Morgan fingerprint density at radius 3 is 2.24 bits per heavy atom. The average molecular weight is 244 g/mol. The highest BCUT2D eigenvalue weighted by molar-refractivity contribution is 5.68. The van der Waals surface area contributed by atoms with Crippen molar-refractivity contribution in [3.8, 4) is 0 Å². The van der Waals surface area contributed by atoms with Crippen molar-refractivity contribution in [2.45, 2.75) is 51.4 Å². The largest absolute Gasteiger partial charge is 0.446 e. The summed E-state index contributed by atoms with van der Waals surface area (Å²) in [6, 6.07) is 0.0273. The van der Waals surface area contributed by atoms with E-state index in [4.69, 9.17) is 9.47 Å². The maximum Gasteiger partial charge on any atom is 0.407 e. The molecular weight excluding hydrogens is 224 g/mol. The lowest BCUT2D eigenvalue weighted by atomic mass is 9.89. The van der Waals surface area contributed by atoms with Crippen LogP contribution in [0.5, 0.6) is 0 Å². The predicted octanol–water partition coefficient (Wildman–Crippen LogP) is 1.40. The maximum absolute atomic E-state index is 11.4. The van der Waals surface area contributed by atoms with Crippen LogP contribution in [0.15, 0.2) is 0 Å². The third kappa shape index (κ3) is 4.93. The molecule has 0 heterocycles. The molecule has 2 N–H and O–H groups in total. The van der Waals surface area contributed by atoms with Crippen molar-refractivity contribution >= 4 is 12.2 Å². The van der Waals surface area contributed by atoms with E-state index in [9.17, 15) is 9.59 Å². The normalized spacial score (nSPS) is 23.3. The van der Waals surface area contributed by atoms with Crippen LogP contribution >= 0.6 is 0 Å². The topological polar surface area (TPSA) is 76.7 Å². The molecule has 0 aromatic rings. The Kier molecular flexibility index (Phi) is 4.20. The highest BCUT2D eigenvalue weighted by atomic mass is 16.6. The molecule has 1 fully saturated rings. The van der Waals surface area contributed by atoms with Crippen molar-refractivity contribution in [2.24, 2.45) is 0 Å². The molecule has 1 aliphatic rings. The van der Waals surface area contributed by atoms with Gasteiger partial charge in [-0.1, -0.05) is 0 Å². The van der Waals surface area contributed by atoms with E-state index in [-0.39, 0.29) is 12.1 Å². The number of hydrogen-bond donors (Lipinski definition) is 2. The number of ether oxygens (including phenoxy) is 2. The quantitative estimate of drug-likeness (QED) is 0.769. The zero-order valence-corrected chi connectivity index (χ0v) is 10.7. The summed E-state index contributed by atoms with van der Waals surface area (Å²) in [7, 11) is 1.51. The van der Waals surface area contributed by atoms with Crippen molar-refractivity contribution < 1.29 is 19.1 Å². The van der Waals surface area contributed by atoms with E-state index in [1.54, 1.807) is 0 Å². The number of hydrogen-bond acceptors (Lipinski definition) is 4. The van der Waals surface area contributed by atoms with Gasteiger partial charge in [0.2, 0.25) is 0 Å². The molecule has 2 amide bonds. The predicted molar refractivity (Wildman–Crippen MR) is 61.7 cm³/mol. The molecule has 6 heteroatoms. The lowest BCUT2D eigenvalue weighted by Gasteiger charge is -2.35. The summed E-state index contributed by atoms with van der Waals surface area (Å²) in [5, 5.41) is 5.10. The summed E-state index contributed by atoms with van der Waals surface area (Å²) in [5.74, 6) is 0. The highest BCUT2D eigenvalue weighted by Gasteiger charge is 2.34. The number of nitrogens with one attached hydrogen (secondary N) is 2. The number of amides is 2. The van der Waals surface area contributed by atoms with Gasteiger partial charge < -0.3 is 20.1 Å². The fraction of sp³-hybridized carbons (Fsp3) is 0.818. The average Bonchev–Trinajstić information content (AvgIpc) is 2.11. The zero-order chi connectivity index (χ0) is 13.1. The molecule has 0 atom stereocenters. The van der Waals surface area contributed by atoms with Crippen LogP contribution < -0.4 is 10.6 Å². The Morgan fingerprint density at radius 2 is 1.76 bits per heavy atom. The SMILES string of the molecule is CNC(=O)OC1CC(NC(=O)OC(C)(C)C)C1. The van der Waals surface area contributed by atoms with E-state index < -0.39 is 17.8 Å². The van der Waals surface area contributed by atoms with E-state index in [1.165, 1.54) is 7.05 Å². The Hall–Kier alpha value is -1.46. The fourth-order valence-corrected chi connectivity index (χ4v) is 1.46. The van der Waals surface area contributed by atoms with E-state index >= 15 is 0 Å². The second-order valence-corrected chi connectivity index (χ2v) is 5.09. The Balaban J connectivity index is 2.17. The molecule has 17 heavy (non-hydrogen) atoms. The minimum absolute atomic E-state index is 0.0273. The van der Waals surface area contributed by atoms with Crippen LogP contribution in [0.25, 0.3) is 0 Å². The standard InChI is InChI=1S/C11H20N2O4/c1-11(2,3)17-10(15)13-7-5-8(6-7)16-9(14)12-4/h7-8H,5-6H2,1-4H3,(H,12,14)(H,13,15). The molecule has 98 valence electrons. The van der Waals surface area contributed by atoms with Crippen LogP contribution in [0.3, 0.4) is 0 Å². The van der Waals surface area contributed by atoms with Crippen molar-refractivity contribution in [2.75, 3.05) is 7.05 Å². The molecule has 0 bridgehead atoms. The van der Waals surface area contributed by atoms with Crippen LogP contribution in [0.1, 0.15) is 33.6 Å². The van der Waals surface area contributed by atoms with Crippen LogP contribution in [0, 0.1) is 0 Å². The van der Waals surface area contributed by atoms with Gasteiger partial charge in [0.1, 0.15) is 11.7 Å². The number of rotatable bonds is 2. The van der Waals surface area contributed by atoms with E-state index in [0.29, 0.717) is 12.8 Å². The molecule has 0 aromatic carbocycles. The summed E-state index contributed by atoms with van der Waals surface area (Å²) < 4.78 is 10.1. The van der Waals surface area contributed by atoms with Gasteiger partial charge in [-0.15, -0.1) is 0 Å². The van der Waals surface area contributed by atoms with Gasteiger partial charge >= 0.3 is 12.2 Å². The molecule has 0 aliphatic heterocycles. The molecule has 1 rings (SSSR count). The smallest absolute Gasteiger partial charge is 0.407 e. The molecule has 1 aliphatic carbocycles. The molecular formula is C11H20N2O4. The van der Waals surface area contributed by atoms with E-state index in [0.717, 1.165) is 0 Å². The molecule has 0 saturated heterocycles. The summed E-state index contributed by atoms with van der Waals surface area (Å²) in [6.45, 7) is 5.43. The van der Waals surface area contributed by atoms with Gasteiger partial charge in [0.05, 0.1) is 0 Å². The second-order valence-electron chi connectivity index (χ2n) is 5.09. The van der Waals surface area contributed by atoms with Crippen molar-refractivity contribution in [3.05, 3.63) is 0 Å². The minimum Gasteiger partial charge on any atom is -0.446 e. The third-order valence-electron chi connectivity index (χ3n) is 2.29. The summed E-state index contributed by atoms with van der Waals surface area (Å²) >= 11 is 0. The number of carbonyl (C=O) groups excluding carboxylic acids is 2. The van der Waals surface area contributed by atoms with Gasteiger partial charge in [0.25, 0.3) is 0 Å². The number of carbonyl (C=O) groups is 2. The van der Waals surface area contributed by atoms with Gasteiger partial charge in [-0.05, 0) is 20.8 Å². The number of alkyl carbamates (subject to hydrolysis) is 2. The lowest BCUT2D eigenvalue weighted by molar-refractivity contribution is 0.0194. The molecule has 0 radical (unpaired) electrons. The maximum atomic E-state index is 11.4. The zero-order valence-electron chi connectivity index (χ0n) is 10.7. The van der Waals surface area contributed by atoms with Crippen LogP contribution in [0.2, 0.25) is 0 Å². The van der Waals surface area contributed by atoms with Gasteiger partial charge in [0.15, 0.2) is 0 Å². The van der Waals surface area contributed by atoms with Crippen LogP contribution in [-0.4, -0.2) is 37.0 Å². The van der Waals surface area contributed by atoms with Crippen molar-refractivity contribution in [1.82, 2.24) is 10.6 Å². The first-order chi connectivity index (χ1) is 7.80. The summed E-state index contributed by atoms with van der Waals surface area (Å²) in [5.41, 5.74) is -0.494. The second kappa shape index (κ2) is 5.25. The van der Waals surface area contributed by atoms with Gasteiger partial charge in [0, 0.05) is 25.9 Å². The van der Waals surface area contributed by atoms with Crippen LogP contribution in [-0.2, 0) is 9.47 Å². The van der Waals surface area contributed by atoms with Gasteiger partial charge in [-0.25, -0.2) is 9.59 Å². The van der Waals surface area contributed by atoms with E-state index in [2.05, 4.69) is 10.6 Å². The fourth-order valence-electron chi connectivity index (χ4n) is 1.46. The molecule has 6 nitrogen and oxygen atoms in total. The molecule has 1 saturated carbocycles. The first kappa shape index (κ1) is 13.6. The molecule has 0 aromatic heterocycles. The van der Waals surface area contributed by atoms with Crippen LogP contribution in [0.4, 0.5) is 9.59 Å². The first-order valence-electron chi connectivity index (χ1n) is 5.68. The Bertz CT molecular complexity index is 292. The Morgan fingerprint density at radius 1 is 1.18 bits per heavy atom. The summed E-state index contributed by atoms with van der Waals surface area (Å²) in [6.07, 6.45) is 0.278. The van der Waals surface area contributed by atoms with Gasteiger partial charge in [-0.2, -0.15) is 0 Å². The Labute approximate surface area is 101 Å². The van der Waals surface area contributed by atoms with E-state index in [1.807, 2.05) is 20.8 Å². The first-order valence-corrected chi connectivity index (χ1v) is 5.68. The van der Waals surface area contributed by atoms with Crippen molar-refractivity contribution in [3.63, 3.8) is 0 Å². The monoisotopic (exact) mass is 244 g/mol.